The number of rotatable bonds is 3. The van der Waals surface area contributed by atoms with Gasteiger partial charge in [0.15, 0.2) is 5.43 Å². The Morgan fingerprint density at radius 1 is 1.05 bits per heavy atom. The van der Waals surface area contributed by atoms with Gasteiger partial charge in [-0.05, 0) is 43.0 Å². The predicted octanol–water partition coefficient (Wildman–Crippen LogP) is 3.60. The number of nitrogens with one attached hydrogen (secondary N) is 1. The van der Waals surface area contributed by atoms with Gasteiger partial charge in [-0.25, -0.2) is 0 Å². The molecular formula is C19H17NO2. The second-order valence-corrected chi connectivity index (χ2v) is 5.75. The van der Waals surface area contributed by atoms with Crippen LogP contribution < -0.4 is 10.2 Å². The van der Waals surface area contributed by atoms with Gasteiger partial charge in [0.1, 0.15) is 12.4 Å². The monoisotopic (exact) mass is 291 g/mol. The van der Waals surface area contributed by atoms with Gasteiger partial charge in [0.25, 0.3) is 0 Å². The van der Waals surface area contributed by atoms with E-state index in [2.05, 4.69) is 4.98 Å². The van der Waals surface area contributed by atoms with E-state index in [1.165, 1.54) is 0 Å². The number of aromatic nitrogens is 1. The Hall–Kier alpha value is -2.55. The Kier molecular flexibility index (Phi) is 3.19. The molecule has 0 unspecified atom stereocenters. The lowest BCUT2D eigenvalue weighted by Gasteiger charge is -2.08. The van der Waals surface area contributed by atoms with Crippen molar-refractivity contribution in [3.63, 3.8) is 0 Å². The second kappa shape index (κ2) is 5.34. The van der Waals surface area contributed by atoms with Gasteiger partial charge in [-0.1, -0.05) is 30.3 Å². The lowest BCUT2D eigenvalue weighted by atomic mass is 10.1. The second-order valence-electron chi connectivity index (χ2n) is 5.75. The Morgan fingerprint density at radius 2 is 1.91 bits per heavy atom. The third-order valence-corrected chi connectivity index (χ3v) is 4.26. The van der Waals surface area contributed by atoms with Gasteiger partial charge >= 0.3 is 0 Å². The van der Waals surface area contributed by atoms with Gasteiger partial charge in [-0.15, -0.1) is 0 Å². The third-order valence-electron chi connectivity index (χ3n) is 4.26. The van der Waals surface area contributed by atoms with E-state index in [0.717, 1.165) is 52.7 Å². The summed E-state index contributed by atoms with van der Waals surface area (Å²) in [4.78, 5) is 16.0. The zero-order chi connectivity index (χ0) is 14.9. The minimum Gasteiger partial charge on any atom is -0.489 e. The number of ether oxygens (including phenoxy) is 1. The summed E-state index contributed by atoms with van der Waals surface area (Å²) in [5.41, 5.74) is 4.23. The smallest absolute Gasteiger partial charge is 0.192 e. The molecule has 0 saturated carbocycles. The number of hydrogen-bond acceptors (Lipinski definition) is 2. The summed E-state index contributed by atoms with van der Waals surface area (Å²) in [5.74, 6) is 0.736. The van der Waals surface area contributed by atoms with Crippen LogP contribution >= 0.6 is 0 Å². The first-order chi connectivity index (χ1) is 10.8. The molecule has 22 heavy (non-hydrogen) atoms. The highest BCUT2D eigenvalue weighted by Crippen LogP contribution is 2.23. The SMILES string of the molecule is O=c1c2c([nH]c3ccc(OCc4ccccc4)cc13)CCC2. The number of fused-ring (bicyclic) bond motifs is 2. The van der Waals surface area contributed by atoms with Crippen molar-refractivity contribution in [3.05, 3.63) is 75.6 Å². The average Bonchev–Trinajstić information content (AvgIpc) is 3.03. The summed E-state index contributed by atoms with van der Waals surface area (Å²) in [6, 6.07) is 15.7. The average molecular weight is 291 g/mol. The molecule has 0 aliphatic heterocycles. The van der Waals surface area contributed by atoms with Crippen molar-refractivity contribution in [2.24, 2.45) is 0 Å². The zero-order valence-corrected chi connectivity index (χ0v) is 12.3. The quantitative estimate of drug-likeness (QED) is 0.801. The van der Waals surface area contributed by atoms with Crippen LogP contribution in [0.5, 0.6) is 5.75 Å². The summed E-state index contributed by atoms with van der Waals surface area (Å²) in [5, 5.41) is 0.728. The topological polar surface area (TPSA) is 42.1 Å². The van der Waals surface area contributed by atoms with E-state index in [0.29, 0.717) is 6.61 Å². The van der Waals surface area contributed by atoms with Crippen molar-refractivity contribution >= 4 is 10.9 Å². The first-order valence-corrected chi connectivity index (χ1v) is 7.66. The molecule has 0 saturated heterocycles. The summed E-state index contributed by atoms with van der Waals surface area (Å²) >= 11 is 0. The Labute approximate surface area is 128 Å². The maximum Gasteiger partial charge on any atom is 0.192 e. The highest BCUT2D eigenvalue weighted by molar-refractivity contribution is 5.81. The van der Waals surface area contributed by atoms with Gasteiger partial charge in [-0.2, -0.15) is 0 Å². The highest BCUT2D eigenvalue weighted by atomic mass is 16.5. The van der Waals surface area contributed by atoms with Crippen LogP contribution in [0.1, 0.15) is 23.2 Å². The summed E-state index contributed by atoms with van der Waals surface area (Å²) < 4.78 is 5.82. The van der Waals surface area contributed by atoms with E-state index in [1.54, 1.807) is 0 Å². The van der Waals surface area contributed by atoms with Crippen molar-refractivity contribution < 1.29 is 4.74 Å². The Balaban J connectivity index is 1.67. The van der Waals surface area contributed by atoms with Crippen LogP contribution in [0, 0.1) is 0 Å². The molecule has 1 heterocycles. The molecule has 0 atom stereocenters. The molecule has 110 valence electrons. The van der Waals surface area contributed by atoms with E-state index in [4.69, 9.17) is 4.74 Å². The van der Waals surface area contributed by atoms with Crippen LogP contribution in [0.3, 0.4) is 0 Å². The normalized spacial score (nSPS) is 13.3. The summed E-state index contributed by atoms with van der Waals surface area (Å²) in [6.45, 7) is 0.509. The molecular weight excluding hydrogens is 274 g/mol. The van der Waals surface area contributed by atoms with Crippen LogP contribution in [0.15, 0.2) is 53.3 Å². The van der Waals surface area contributed by atoms with Crippen molar-refractivity contribution in [2.45, 2.75) is 25.9 Å². The van der Waals surface area contributed by atoms with Crippen molar-refractivity contribution in [1.29, 1.82) is 0 Å². The molecule has 0 radical (unpaired) electrons. The lowest BCUT2D eigenvalue weighted by molar-refractivity contribution is 0.306. The zero-order valence-electron chi connectivity index (χ0n) is 12.3. The van der Waals surface area contributed by atoms with Gasteiger partial charge in [-0.3, -0.25) is 4.79 Å². The van der Waals surface area contributed by atoms with Crippen LogP contribution in [-0.4, -0.2) is 4.98 Å². The molecule has 4 rings (SSSR count). The van der Waals surface area contributed by atoms with E-state index in [9.17, 15) is 4.79 Å². The molecule has 3 aromatic rings. The summed E-state index contributed by atoms with van der Waals surface area (Å²) in [6.07, 6.45) is 2.93. The number of aryl methyl sites for hydroxylation is 1. The molecule has 0 bridgehead atoms. The van der Waals surface area contributed by atoms with Gasteiger partial charge in [0, 0.05) is 22.2 Å². The number of pyridine rings is 1. The number of aromatic amines is 1. The van der Waals surface area contributed by atoms with Crippen LogP contribution in [-0.2, 0) is 19.4 Å². The molecule has 0 amide bonds. The number of hydrogen-bond donors (Lipinski definition) is 1. The van der Waals surface area contributed by atoms with Crippen molar-refractivity contribution in [3.8, 4) is 5.75 Å². The highest BCUT2D eigenvalue weighted by Gasteiger charge is 2.17. The van der Waals surface area contributed by atoms with Gasteiger partial charge < -0.3 is 9.72 Å². The van der Waals surface area contributed by atoms with Crippen molar-refractivity contribution in [2.75, 3.05) is 0 Å². The third kappa shape index (κ3) is 2.29. The maximum atomic E-state index is 12.6. The number of H-pyrrole nitrogens is 1. The molecule has 0 spiro atoms. The minimum absolute atomic E-state index is 0.159. The molecule has 2 aromatic carbocycles. The molecule has 1 aliphatic rings. The molecule has 1 aliphatic carbocycles. The first-order valence-electron chi connectivity index (χ1n) is 7.66. The fourth-order valence-corrected chi connectivity index (χ4v) is 3.11. The maximum absolute atomic E-state index is 12.6. The fourth-order valence-electron chi connectivity index (χ4n) is 3.11. The largest absolute Gasteiger partial charge is 0.489 e. The predicted molar refractivity (Wildman–Crippen MR) is 87.4 cm³/mol. The molecule has 0 fully saturated rings. The van der Waals surface area contributed by atoms with Crippen LogP contribution in [0.25, 0.3) is 10.9 Å². The van der Waals surface area contributed by atoms with Gasteiger partial charge in [0.2, 0.25) is 0 Å². The van der Waals surface area contributed by atoms with Crippen LogP contribution in [0.2, 0.25) is 0 Å². The molecule has 1 aromatic heterocycles. The molecule has 1 N–H and O–H groups in total. The summed E-state index contributed by atoms with van der Waals surface area (Å²) in [7, 11) is 0. The van der Waals surface area contributed by atoms with E-state index >= 15 is 0 Å². The van der Waals surface area contributed by atoms with E-state index in [-0.39, 0.29) is 5.43 Å². The van der Waals surface area contributed by atoms with Crippen LogP contribution in [0.4, 0.5) is 0 Å². The van der Waals surface area contributed by atoms with Crippen molar-refractivity contribution in [1.82, 2.24) is 4.98 Å². The standard InChI is InChI=1S/C19H17NO2/c21-19-15-7-4-8-17(15)20-18-10-9-14(11-16(18)19)22-12-13-5-2-1-3-6-13/h1-3,5-6,9-11H,4,7-8,12H2,(H,20,21). The lowest BCUT2D eigenvalue weighted by Crippen LogP contribution is -2.10. The Bertz CT molecular complexity index is 881. The first kappa shape index (κ1) is 13.1. The molecule has 3 heteroatoms. The molecule has 3 nitrogen and oxygen atoms in total. The number of benzene rings is 2. The van der Waals surface area contributed by atoms with E-state index < -0.39 is 0 Å². The van der Waals surface area contributed by atoms with Gasteiger partial charge in [0.05, 0.1) is 0 Å². The Morgan fingerprint density at radius 3 is 2.77 bits per heavy atom. The minimum atomic E-state index is 0.159. The van der Waals surface area contributed by atoms with E-state index in [1.807, 2.05) is 48.5 Å². The fraction of sp³-hybridized carbons (Fsp3) is 0.211.